The molecule has 0 saturated heterocycles. The maximum atomic E-state index is 14.9. The first-order valence-electron chi connectivity index (χ1n) is 10.7. The average Bonchev–Trinajstić information content (AvgIpc) is 3.48. The number of amides is 2. The molecule has 1 heterocycles. The molecule has 0 unspecified atom stereocenters. The van der Waals surface area contributed by atoms with Gasteiger partial charge in [-0.25, -0.2) is 8.78 Å². The maximum Gasteiger partial charge on any atom is 0.248 e. The van der Waals surface area contributed by atoms with E-state index >= 15 is 0 Å². The summed E-state index contributed by atoms with van der Waals surface area (Å²) < 4.78 is 28.6. The topological polar surface area (TPSA) is 49.4 Å². The Kier molecular flexibility index (Phi) is 6.95. The predicted molar refractivity (Wildman–Crippen MR) is 121 cm³/mol. The van der Waals surface area contributed by atoms with Crippen LogP contribution in [0.1, 0.15) is 42.2 Å². The van der Waals surface area contributed by atoms with Gasteiger partial charge in [0.15, 0.2) is 0 Å². The van der Waals surface area contributed by atoms with E-state index in [-0.39, 0.29) is 23.9 Å². The monoisotopic (exact) mass is 454 g/mol. The molecule has 1 fully saturated rings. The second-order valence-corrected chi connectivity index (χ2v) is 8.94. The molecule has 1 saturated carbocycles. The molecule has 1 aliphatic carbocycles. The van der Waals surface area contributed by atoms with E-state index in [2.05, 4.69) is 5.32 Å². The fraction of sp³-hybridized carbons (Fsp3) is 0.280. The van der Waals surface area contributed by atoms with E-state index in [4.69, 9.17) is 0 Å². The van der Waals surface area contributed by atoms with Gasteiger partial charge in [-0.3, -0.25) is 14.5 Å². The summed E-state index contributed by atoms with van der Waals surface area (Å²) in [5.74, 6) is -1.84. The second kappa shape index (κ2) is 10.0. The Bertz CT molecular complexity index is 1060. The van der Waals surface area contributed by atoms with Crippen LogP contribution in [0.3, 0.4) is 0 Å². The van der Waals surface area contributed by atoms with Crippen molar-refractivity contribution in [2.45, 2.75) is 44.2 Å². The summed E-state index contributed by atoms with van der Waals surface area (Å²) in [6.45, 7) is 0. The van der Waals surface area contributed by atoms with Crippen molar-refractivity contribution in [1.29, 1.82) is 0 Å². The van der Waals surface area contributed by atoms with Crippen LogP contribution in [-0.4, -0.2) is 17.9 Å². The zero-order valence-corrected chi connectivity index (χ0v) is 18.3. The number of hydrogen-bond donors (Lipinski definition) is 1. The van der Waals surface area contributed by atoms with Crippen molar-refractivity contribution < 1.29 is 18.4 Å². The Labute approximate surface area is 189 Å². The molecule has 0 radical (unpaired) electrons. The van der Waals surface area contributed by atoms with Crippen molar-refractivity contribution in [3.8, 4) is 0 Å². The van der Waals surface area contributed by atoms with E-state index in [0.29, 0.717) is 5.69 Å². The van der Waals surface area contributed by atoms with Gasteiger partial charge in [-0.15, -0.1) is 11.3 Å². The molecule has 2 amide bonds. The molecular weight excluding hydrogens is 430 g/mol. The molecule has 166 valence electrons. The first-order chi connectivity index (χ1) is 15.5. The highest BCUT2D eigenvalue weighted by Crippen LogP contribution is 2.31. The van der Waals surface area contributed by atoms with Crippen LogP contribution in [0, 0.1) is 11.6 Å². The lowest BCUT2D eigenvalue weighted by atomic mass is 10.0. The second-order valence-electron chi connectivity index (χ2n) is 7.91. The van der Waals surface area contributed by atoms with Crippen LogP contribution in [-0.2, 0) is 16.0 Å². The molecule has 2 aromatic carbocycles. The van der Waals surface area contributed by atoms with Gasteiger partial charge in [0, 0.05) is 22.2 Å². The lowest BCUT2D eigenvalue weighted by Gasteiger charge is -2.32. The third-order valence-electron chi connectivity index (χ3n) is 5.69. The summed E-state index contributed by atoms with van der Waals surface area (Å²) in [4.78, 5) is 29.1. The SMILES string of the molecule is O=C(NC1CCCC1)[C@H](c1ccccc1F)N(C(=O)Cc1cccs1)c1ccc(F)cc1. The Balaban J connectivity index is 1.77. The zero-order valence-electron chi connectivity index (χ0n) is 17.5. The zero-order chi connectivity index (χ0) is 22.5. The number of hydrogen-bond acceptors (Lipinski definition) is 3. The molecule has 0 aliphatic heterocycles. The quantitative estimate of drug-likeness (QED) is 0.520. The maximum absolute atomic E-state index is 14.9. The smallest absolute Gasteiger partial charge is 0.248 e. The Hall–Kier alpha value is -3.06. The third-order valence-corrected chi connectivity index (χ3v) is 6.56. The molecule has 7 heteroatoms. The normalized spacial score (nSPS) is 14.8. The summed E-state index contributed by atoms with van der Waals surface area (Å²) in [5, 5.41) is 4.88. The Morgan fingerprint density at radius 1 is 1.00 bits per heavy atom. The third kappa shape index (κ3) is 5.05. The van der Waals surface area contributed by atoms with E-state index in [1.807, 2.05) is 17.5 Å². The van der Waals surface area contributed by atoms with Crippen LogP contribution in [0.15, 0.2) is 66.0 Å². The number of halogens is 2. The molecule has 1 aliphatic rings. The summed E-state index contributed by atoms with van der Waals surface area (Å²) in [6.07, 6.45) is 3.81. The number of nitrogens with one attached hydrogen (secondary N) is 1. The minimum atomic E-state index is -1.21. The van der Waals surface area contributed by atoms with Crippen molar-refractivity contribution in [1.82, 2.24) is 5.32 Å². The van der Waals surface area contributed by atoms with E-state index < -0.39 is 23.6 Å². The molecule has 1 N–H and O–H groups in total. The minimum Gasteiger partial charge on any atom is -0.351 e. The van der Waals surface area contributed by atoms with E-state index in [0.717, 1.165) is 30.6 Å². The van der Waals surface area contributed by atoms with Gasteiger partial charge in [0.05, 0.1) is 6.42 Å². The molecule has 1 atom stereocenters. The fourth-order valence-electron chi connectivity index (χ4n) is 4.13. The molecule has 0 spiro atoms. The fourth-order valence-corrected chi connectivity index (χ4v) is 4.83. The van der Waals surface area contributed by atoms with Gasteiger partial charge in [-0.1, -0.05) is 37.1 Å². The minimum absolute atomic E-state index is 0.000704. The lowest BCUT2D eigenvalue weighted by molar-refractivity contribution is -0.127. The Morgan fingerprint density at radius 2 is 1.72 bits per heavy atom. The van der Waals surface area contributed by atoms with Crippen molar-refractivity contribution in [3.63, 3.8) is 0 Å². The largest absolute Gasteiger partial charge is 0.351 e. The van der Waals surface area contributed by atoms with Gasteiger partial charge in [0.25, 0.3) is 0 Å². The number of carbonyl (C=O) groups excluding carboxylic acids is 2. The number of carbonyl (C=O) groups is 2. The number of rotatable bonds is 7. The van der Waals surface area contributed by atoms with E-state index in [1.165, 1.54) is 52.6 Å². The first-order valence-corrected chi connectivity index (χ1v) is 11.6. The van der Waals surface area contributed by atoms with Crippen molar-refractivity contribution >= 4 is 28.8 Å². The molecule has 32 heavy (non-hydrogen) atoms. The summed E-state index contributed by atoms with van der Waals surface area (Å²) in [7, 11) is 0. The van der Waals surface area contributed by atoms with E-state index in [1.54, 1.807) is 12.1 Å². The predicted octanol–water partition coefficient (Wildman–Crippen LogP) is 5.40. The van der Waals surface area contributed by atoms with Gasteiger partial charge in [0.2, 0.25) is 11.8 Å². The van der Waals surface area contributed by atoms with Gasteiger partial charge in [-0.2, -0.15) is 0 Å². The lowest BCUT2D eigenvalue weighted by Crippen LogP contribution is -2.47. The number of anilines is 1. The van der Waals surface area contributed by atoms with Crippen LogP contribution in [0.4, 0.5) is 14.5 Å². The molecule has 4 rings (SSSR count). The number of nitrogens with zero attached hydrogens (tertiary/aromatic N) is 1. The van der Waals surface area contributed by atoms with Gasteiger partial charge in [-0.05, 0) is 54.6 Å². The highest BCUT2D eigenvalue weighted by atomic mass is 32.1. The molecule has 0 bridgehead atoms. The van der Waals surface area contributed by atoms with Crippen LogP contribution in [0.5, 0.6) is 0 Å². The van der Waals surface area contributed by atoms with Crippen molar-refractivity contribution in [3.05, 3.63) is 88.1 Å². The summed E-state index contributed by atoms with van der Waals surface area (Å²) in [6, 6.07) is 13.8. The standard InChI is InChI=1S/C25H24F2N2O2S/c26-17-11-13-19(14-12-17)29(23(30)16-20-8-5-15-32-20)24(21-9-3-4-10-22(21)27)25(31)28-18-6-1-2-7-18/h3-5,8-15,18,24H,1-2,6-7,16H2,(H,28,31)/t24-/m0/s1. The van der Waals surface area contributed by atoms with Crippen molar-refractivity contribution in [2.24, 2.45) is 0 Å². The van der Waals surface area contributed by atoms with Gasteiger partial charge < -0.3 is 5.32 Å². The molecule has 3 aromatic rings. The number of thiophene rings is 1. The van der Waals surface area contributed by atoms with Gasteiger partial charge in [0.1, 0.15) is 17.7 Å². The molecule has 1 aromatic heterocycles. The van der Waals surface area contributed by atoms with Crippen LogP contribution < -0.4 is 10.2 Å². The van der Waals surface area contributed by atoms with Crippen molar-refractivity contribution in [2.75, 3.05) is 4.90 Å². The molecule has 4 nitrogen and oxygen atoms in total. The first kappa shape index (κ1) is 22.1. The summed E-state index contributed by atoms with van der Waals surface area (Å²) in [5.41, 5.74) is 0.439. The molecular formula is C25H24F2N2O2S. The summed E-state index contributed by atoms with van der Waals surface area (Å²) >= 11 is 1.43. The highest BCUT2D eigenvalue weighted by molar-refractivity contribution is 7.10. The highest BCUT2D eigenvalue weighted by Gasteiger charge is 2.35. The van der Waals surface area contributed by atoms with Crippen LogP contribution in [0.25, 0.3) is 0 Å². The van der Waals surface area contributed by atoms with E-state index in [9.17, 15) is 18.4 Å². The Morgan fingerprint density at radius 3 is 2.38 bits per heavy atom. The van der Waals surface area contributed by atoms with Gasteiger partial charge >= 0.3 is 0 Å². The van der Waals surface area contributed by atoms with Crippen LogP contribution >= 0.6 is 11.3 Å². The van der Waals surface area contributed by atoms with Crippen LogP contribution in [0.2, 0.25) is 0 Å². The average molecular weight is 455 g/mol. The number of benzene rings is 2.